The van der Waals surface area contributed by atoms with Gasteiger partial charge in [-0.1, -0.05) is 0 Å². The number of fused-ring (bicyclic) bond motifs is 1. The van der Waals surface area contributed by atoms with Crippen LogP contribution in [0.25, 0.3) is 0 Å². The zero-order valence-corrected chi connectivity index (χ0v) is 14.3. The Balaban J connectivity index is 2.05. The second-order valence-electron chi connectivity index (χ2n) is 6.47. The molecule has 0 unspecified atom stereocenters. The summed E-state index contributed by atoms with van der Waals surface area (Å²) in [7, 11) is 1.33. The van der Waals surface area contributed by atoms with Gasteiger partial charge in [-0.25, -0.2) is 4.79 Å². The highest BCUT2D eigenvalue weighted by Gasteiger charge is 2.48. The fourth-order valence-corrected chi connectivity index (χ4v) is 4.32. The average Bonchev–Trinajstić information content (AvgIpc) is 2.91. The van der Waals surface area contributed by atoms with Crippen LogP contribution < -0.4 is 4.74 Å². The van der Waals surface area contributed by atoms with E-state index in [4.69, 9.17) is 9.47 Å². The summed E-state index contributed by atoms with van der Waals surface area (Å²) in [6.45, 7) is 4.19. The van der Waals surface area contributed by atoms with Crippen LogP contribution in [-0.4, -0.2) is 47.2 Å². The first-order chi connectivity index (χ1) is 10.8. The highest BCUT2D eigenvalue weighted by Crippen LogP contribution is 2.48. The predicted molar refractivity (Wildman–Crippen MR) is 84.7 cm³/mol. The quantitative estimate of drug-likeness (QED) is 0.835. The Morgan fingerprint density at radius 3 is 2.87 bits per heavy atom. The molecule has 1 saturated heterocycles. The van der Waals surface area contributed by atoms with E-state index in [-0.39, 0.29) is 5.91 Å². The zero-order valence-electron chi connectivity index (χ0n) is 13.5. The summed E-state index contributed by atoms with van der Waals surface area (Å²) in [4.78, 5) is 27.0. The Morgan fingerprint density at radius 2 is 2.22 bits per heavy atom. The normalized spacial score (nSPS) is 26.4. The van der Waals surface area contributed by atoms with Crippen LogP contribution in [0.2, 0.25) is 0 Å². The highest BCUT2D eigenvalue weighted by molar-refractivity contribution is 7.14. The number of methoxy groups -OCH3 is 1. The van der Waals surface area contributed by atoms with Crippen molar-refractivity contribution in [2.24, 2.45) is 0 Å². The molecule has 3 heterocycles. The molecule has 0 bridgehead atoms. The zero-order chi connectivity index (χ0) is 16.8. The average molecular weight is 339 g/mol. The van der Waals surface area contributed by atoms with Gasteiger partial charge in [0.05, 0.1) is 18.0 Å². The molecular weight excluding hydrogens is 318 g/mol. The number of nitrogens with zero attached hydrogens (tertiary/aromatic N) is 1. The molecule has 0 saturated carbocycles. The molecule has 126 valence electrons. The number of amides is 1. The van der Waals surface area contributed by atoms with Crippen molar-refractivity contribution in [3.8, 4) is 5.75 Å². The monoisotopic (exact) mass is 339 g/mol. The van der Waals surface area contributed by atoms with Crippen molar-refractivity contribution >= 4 is 23.2 Å². The van der Waals surface area contributed by atoms with Gasteiger partial charge >= 0.3 is 5.97 Å². The molecule has 1 aromatic heterocycles. The number of ether oxygens (including phenoxy) is 2. The standard InChI is InChI=1S/C16H21NO5S/c1-16(2)14(19)12(17-7-5-4-6-11(17)18)13-9(22-16)8-10(23-13)15(20)21-3/h8,12,14,19H,4-7H2,1-3H3/t12-,14+/m1/s1. The van der Waals surface area contributed by atoms with Crippen molar-refractivity contribution < 1.29 is 24.2 Å². The molecule has 0 spiro atoms. The lowest BCUT2D eigenvalue weighted by Crippen LogP contribution is -2.55. The van der Waals surface area contributed by atoms with Gasteiger partial charge in [0.1, 0.15) is 22.3 Å². The first-order valence-electron chi connectivity index (χ1n) is 7.73. The Kier molecular flexibility index (Phi) is 4.10. The van der Waals surface area contributed by atoms with Gasteiger partial charge in [-0.05, 0) is 26.7 Å². The van der Waals surface area contributed by atoms with Crippen molar-refractivity contribution in [1.29, 1.82) is 0 Å². The SMILES string of the molecule is COC(=O)c1cc2c(s1)[C@@H](N1CCCCC1=O)[C@H](O)C(C)(C)O2. The van der Waals surface area contributed by atoms with Crippen molar-refractivity contribution in [1.82, 2.24) is 4.90 Å². The van der Waals surface area contributed by atoms with E-state index >= 15 is 0 Å². The van der Waals surface area contributed by atoms with E-state index in [0.717, 1.165) is 12.8 Å². The summed E-state index contributed by atoms with van der Waals surface area (Å²) in [5.41, 5.74) is -0.843. The van der Waals surface area contributed by atoms with E-state index in [1.807, 2.05) is 0 Å². The van der Waals surface area contributed by atoms with Crippen molar-refractivity contribution in [3.63, 3.8) is 0 Å². The number of aliphatic hydroxyl groups is 1. The van der Waals surface area contributed by atoms with Crippen LogP contribution in [0.3, 0.4) is 0 Å². The third kappa shape index (κ3) is 2.72. The number of hydrogen-bond acceptors (Lipinski definition) is 6. The predicted octanol–water partition coefficient (Wildman–Crippen LogP) is 2.12. The van der Waals surface area contributed by atoms with Gasteiger partial charge in [-0.3, -0.25) is 4.79 Å². The van der Waals surface area contributed by atoms with Crippen molar-refractivity contribution in [2.45, 2.75) is 50.9 Å². The summed E-state index contributed by atoms with van der Waals surface area (Å²) < 4.78 is 10.6. The van der Waals surface area contributed by atoms with Gasteiger partial charge < -0.3 is 19.5 Å². The minimum Gasteiger partial charge on any atom is -0.484 e. The molecule has 0 radical (unpaired) electrons. The van der Waals surface area contributed by atoms with Gasteiger partial charge in [-0.2, -0.15) is 0 Å². The molecule has 6 nitrogen and oxygen atoms in total. The van der Waals surface area contributed by atoms with E-state index in [9.17, 15) is 14.7 Å². The van der Waals surface area contributed by atoms with E-state index in [2.05, 4.69) is 0 Å². The summed E-state index contributed by atoms with van der Waals surface area (Å²) in [5, 5.41) is 10.8. The first kappa shape index (κ1) is 16.3. The Morgan fingerprint density at radius 1 is 1.48 bits per heavy atom. The number of piperidine rings is 1. The molecule has 2 aliphatic rings. The molecule has 0 aliphatic carbocycles. The van der Waals surface area contributed by atoms with Crippen LogP contribution in [0.15, 0.2) is 6.07 Å². The Bertz CT molecular complexity index is 638. The van der Waals surface area contributed by atoms with Gasteiger partial charge in [0, 0.05) is 19.0 Å². The molecule has 7 heteroatoms. The first-order valence-corrected chi connectivity index (χ1v) is 8.55. The van der Waals surface area contributed by atoms with E-state index < -0.39 is 23.7 Å². The number of hydrogen-bond donors (Lipinski definition) is 1. The van der Waals surface area contributed by atoms with Crippen LogP contribution in [0, 0.1) is 0 Å². The van der Waals surface area contributed by atoms with E-state index in [0.29, 0.717) is 28.5 Å². The second-order valence-corrected chi connectivity index (χ2v) is 7.55. The van der Waals surface area contributed by atoms with Crippen LogP contribution in [0.5, 0.6) is 5.75 Å². The highest BCUT2D eigenvalue weighted by atomic mass is 32.1. The van der Waals surface area contributed by atoms with Crippen LogP contribution in [0.4, 0.5) is 0 Å². The smallest absolute Gasteiger partial charge is 0.348 e. The summed E-state index contributed by atoms with van der Waals surface area (Å²) in [6.07, 6.45) is 1.43. The number of rotatable bonds is 2. The fourth-order valence-electron chi connectivity index (χ4n) is 3.18. The largest absolute Gasteiger partial charge is 0.484 e. The molecule has 3 rings (SSSR count). The lowest BCUT2D eigenvalue weighted by molar-refractivity contribution is -0.146. The molecular formula is C16H21NO5S. The second kappa shape index (κ2) is 5.79. The number of thiophene rings is 1. The van der Waals surface area contributed by atoms with Crippen LogP contribution in [-0.2, 0) is 9.53 Å². The fraction of sp³-hybridized carbons (Fsp3) is 0.625. The van der Waals surface area contributed by atoms with Crippen LogP contribution >= 0.6 is 11.3 Å². The third-order valence-corrected chi connectivity index (χ3v) is 5.63. The Hall–Kier alpha value is -1.60. The maximum Gasteiger partial charge on any atom is 0.348 e. The third-order valence-electron chi connectivity index (χ3n) is 4.46. The maximum absolute atomic E-state index is 12.3. The van der Waals surface area contributed by atoms with Crippen LogP contribution in [0.1, 0.15) is 53.7 Å². The number of aliphatic hydroxyl groups excluding tert-OH is 1. The van der Waals surface area contributed by atoms with Crippen molar-refractivity contribution in [3.05, 3.63) is 15.8 Å². The molecule has 1 N–H and O–H groups in total. The van der Waals surface area contributed by atoms with Gasteiger partial charge in [0.25, 0.3) is 0 Å². The molecule has 2 aliphatic heterocycles. The summed E-state index contributed by atoms with van der Waals surface area (Å²) in [5.74, 6) is 0.148. The number of esters is 1. The molecule has 2 atom stereocenters. The maximum atomic E-state index is 12.3. The molecule has 0 aromatic carbocycles. The summed E-state index contributed by atoms with van der Waals surface area (Å²) in [6, 6.07) is 1.16. The molecule has 1 amide bonds. The number of carbonyl (C=O) groups excluding carboxylic acids is 2. The van der Waals surface area contributed by atoms with Gasteiger partial charge in [-0.15, -0.1) is 11.3 Å². The number of likely N-dealkylation sites (tertiary alicyclic amines) is 1. The van der Waals surface area contributed by atoms with E-state index in [1.54, 1.807) is 24.8 Å². The summed E-state index contributed by atoms with van der Waals surface area (Å²) >= 11 is 1.22. The minimum atomic E-state index is -0.860. The number of carbonyl (C=O) groups is 2. The van der Waals surface area contributed by atoms with E-state index in [1.165, 1.54) is 18.4 Å². The Labute approximate surface area is 139 Å². The minimum absolute atomic E-state index is 0.0389. The van der Waals surface area contributed by atoms with Gasteiger partial charge in [0.2, 0.25) is 5.91 Å². The topological polar surface area (TPSA) is 76.1 Å². The molecule has 1 aromatic rings. The van der Waals surface area contributed by atoms with Crippen molar-refractivity contribution in [2.75, 3.05) is 13.7 Å². The molecule has 1 fully saturated rings. The lowest BCUT2D eigenvalue weighted by Gasteiger charge is -2.46. The lowest BCUT2D eigenvalue weighted by atomic mass is 9.88. The molecule has 23 heavy (non-hydrogen) atoms. The van der Waals surface area contributed by atoms with Gasteiger partial charge in [0.15, 0.2) is 0 Å².